The molecule has 0 radical (unpaired) electrons. The molecule has 18 heavy (non-hydrogen) atoms. The van der Waals surface area contributed by atoms with Crippen molar-refractivity contribution in [2.24, 2.45) is 5.92 Å². The smallest absolute Gasteiger partial charge is 0.236 e. The fraction of sp³-hybridized carbons (Fsp3) is 0.929. The van der Waals surface area contributed by atoms with Crippen molar-refractivity contribution in [2.45, 2.75) is 52.1 Å². The second-order valence-corrected chi connectivity index (χ2v) is 6.26. The third-order valence-electron chi connectivity index (χ3n) is 3.42. The van der Waals surface area contributed by atoms with Crippen molar-refractivity contribution in [1.82, 2.24) is 10.2 Å². The molecular weight excluding hydrogens is 228 g/mol. The van der Waals surface area contributed by atoms with Crippen molar-refractivity contribution < 1.29 is 9.53 Å². The highest BCUT2D eigenvalue weighted by Crippen LogP contribution is 2.35. The molecule has 4 heteroatoms. The van der Waals surface area contributed by atoms with E-state index in [4.69, 9.17) is 4.74 Å². The van der Waals surface area contributed by atoms with E-state index in [2.05, 4.69) is 33.0 Å². The summed E-state index contributed by atoms with van der Waals surface area (Å²) in [5.74, 6) is 0.877. The van der Waals surface area contributed by atoms with Crippen molar-refractivity contribution in [3.63, 3.8) is 0 Å². The maximum Gasteiger partial charge on any atom is 0.236 e. The predicted molar refractivity (Wildman–Crippen MR) is 73.5 cm³/mol. The van der Waals surface area contributed by atoms with Gasteiger partial charge in [-0.05, 0) is 46.5 Å². The number of nitrogens with one attached hydrogen (secondary N) is 1. The van der Waals surface area contributed by atoms with Gasteiger partial charge in [-0.1, -0.05) is 0 Å². The number of hydrogen-bond acceptors (Lipinski definition) is 3. The summed E-state index contributed by atoms with van der Waals surface area (Å²) in [6.45, 7) is 10.1. The Balaban J connectivity index is 2.49. The zero-order valence-electron chi connectivity index (χ0n) is 12.5. The van der Waals surface area contributed by atoms with E-state index in [-0.39, 0.29) is 11.4 Å². The molecule has 1 unspecified atom stereocenters. The van der Waals surface area contributed by atoms with Crippen molar-refractivity contribution in [3.05, 3.63) is 0 Å². The molecule has 0 aromatic rings. The quantitative estimate of drug-likeness (QED) is 0.753. The minimum Gasteiger partial charge on any atom is -0.383 e. The van der Waals surface area contributed by atoms with Gasteiger partial charge >= 0.3 is 0 Å². The number of nitrogens with zero attached hydrogens (tertiary/aromatic N) is 1. The third kappa shape index (κ3) is 5.36. The SMILES string of the molecule is COCCN(C(=O)CNC(C)(C)C)C(C)C1CC1. The van der Waals surface area contributed by atoms with E-state index in [9.17, 15) is 4.79 Å². The topological polar surface area (TPSA) is 41.6 Å². The number of ether oxygens (including phenoxy) is 1. The van der Waals surface area contributed by atoms with E-state index in [1.807, 2.05) is 4.90 Å². The van der Waals surface area contributed by atoms with Gasteiger partial charge in [0, 0.05) is 25.2 Å². The largest absolute Gasteiger partial charge is 0.383 e. The molecule has 1 atom stereocenters. The molecule has 0 spiro atoms. The van der Waals surface area contributed by atoms with Gasteiger partial charge in [0.2, 0.25) is 5.91 Å². The average Bonchev–Trinajstić information content (AvgIpc) is 3.09. The first kappa shape index (κ1) is 15.4. The Bertz CT molecular complexity index is 269. The molecule has 1 fully saturated rings. The molecule has 1 N–H and O–H groups in total. The van der Waals surface area contributed by atoms with E-state index in [0.29, 0.717) is 31.7 Å². The maximum absolute atomic E-state index is 12.3. The van der Waals surface area contributed by atoms with E-state index >= 15 is 0 Å². The van der Waals surface area contributed by atoms with Gasteiger partial charge in [0.1, 0.15) is 0 Å². The molecule has 0 aliphatic heterocycles. The lowest BCUT2D eigenvalue weighted by molar-refractivity contribution is -0.133. The normalized spacial score (nSPS) is 17.6. The maximum atomic E-state index is 12.3. The van der Waals surface area contributed by atoms with Crippen LogP contribution in [0, 0.1) is 5.92 Å². The summed E-state index contributed by atoms with van der Waals surface area (Å²) in [4.78, 5) is 14.2. The Morgan fingerprint density at radius 1 is 1.44 bits per heavy atom. The lowest BCUT2D eigenvalue weighted by Gasteiger charge is -2.31. The fourth-order valence-corrected chi connectivity index (χ4v) is 2.02. The molecule has 1 aliphatic carbocycles. The van der Waals surface area contributed by atoms with Gasteiger partial charge in [-0.3, -0.25) is 4.79 Å². The van der Waals surface area contributed by atoms with Gasteiger partial charge in [-0.25, -0.2) is 0 Å². The predicted octanol–water partition coefficient (Wildman–Crippen LogP) is 1.65. The van der Waals surface area contributed by atoms with Crippen molar-refractivity contribution in [3.8, 4) is 0 Å². The van der Waals surface area contributed by atoms with E-state index in [1.54, 1.807) is 7.11 Å². The molecule has 1 saturated carbocycles. The van der Waals surface area contributed by atoms with Gasteiger partial charge in [-0.2, -0.15) is 0 Å². The molecule has 0 heterocycles. The zero-order valence-corrected chi connectivity index (χ0v) is 12.5. The Hall–Kier alpha value is -0.610. The van der Waals surface area contributed by atoms with Crippen LogP contribution in [0.3, 0.4) is 0 Å². The lowest BCUT2D eigenvalue weighted by Crippen LogP contribution is -2.49. The average molecular weight is 256 g/mol. The Morgan fingerprint density at radius 3 is 2.50 bits per heavy atom. The molecule has 0 aromatic heterocycles. The van der Waals surface area contributed by atoms with Crippen LogP contribution in [-0.2, 0) is 9.53 Å². The summed E-state index contributed by atoms with van der Waals surface area (Å²) >= 11 is 0. The van der Waals surface area contributed by atoms with Crippen molar-refractivity contribution in [1.29, 1.82) is 0 Å². The molecule has 106 valence electrons. The van der Waals surface area contributed by atoms with Gasteiger partial charge < -0.3 is 15.0 Å². The number of amides is 1. The molecule has 0 saturated heterocycles. The van der Waals surface area contributed by atoms with Crippen LogP contribution < -0.4 is 5.32 Å². The standard InChI is InChI=1S/C14H28N2O2/c1-11(12-6-7-12)16(8-9-18-5)13(17)10-15-14(2,3)4/h11-12,15H,6-10H2,1-5H3. The number of carbonyl (C=O) groups excluding carboxylic acids is 1. The van der Waals surface area contributed by atoms with Crippen LogP contribution in [0.15, 0.2) is 0 Å². The number of methoxy groups -OCH3 is 1. The highest BCUT2D eigenvalue weighted by Gasteiger charge is 2.34. The summed E-state index contributed by atoms with van der Waals surface area (Å²) in [6, 6.07) is 0.342. The molecule has 0 bridgehead atoms. The fourth-order valence-electron chi connectivity index (χ4n) is 2.02. The zero-order chi connectivity index (χ0) is 13.8. The first-order valence-electron chi connectivity index (χ1n) is 6.88. The molecule has 0 aromatic carbocycles. The summed E-state index contributed by atoms with van der Waals surface area (Å²) in [6.07, 6.45) is 2.51. The van der Waals surface area contributed by atoms with E-state index in [0.717, 1.165) is 0 Å². The van der Waals surface area contributed by atoms with Gasteiger partial charge in [0.15, 0.2) is 0 Å². The van der Waals surface area contributed by atoms with Crippen LogP contribution >= 0.6 is 0 Å². The highest BCUT2D eigenvalue weighted by atomic mass is 16.5. The number of rotatable bonds is 7. The lowest BCUT2D eigenvalue weighted by atomic mass is 10.1. The van der Waals surface area contributed by atoms with E-state index in [1.165, 1.54) is 12.8 Å². The summed E-state index contributed by atoms with van der Waals surface area (Å²) in [7, 11) is 1.68. The van der Waals surface area contributed by atoms with Crippen LogP contribution in [0.4, 0.5) is 0 Å². The second-order valence-electron chi connectivity index (χ2n) is 6.26. The Morgan fingerprint density at radius 2 is 2.06 bits per heavy atom. The molecule has 1 amide bonds. The summed E-state index contributed by atoms with van der Waals surface area (Å²) < 4.78 is 5.10. The summed E-state index contributed by atoms with van der Waals surface area (Å²) in [5, 5.41) is 3.26. The van der Waals surface area contributed by atoms with Crippen LogP contribution in [0.2, 0.25) is 0 Å². The number of carbonyl (C=O) groups is 1. The van der Waals surface area contributed by atoms with Gasteiger partial charge in [0.05, 0.1) is 13.2 Å². The Labute approximate surface area is 111 Å². The summed E-state index contributed by atoms with van der Waals surface area (Å²) in [5.41, 5.74) is -0.0224. The van der Waals surface area contributed by atoms with Crippen molar-refractivity contribution >= 4 is 5.91 Å². The highest BCUT2D eigenvalue weighted by molar-refractivity contribution is 5.78. The molecular formula is C14H28N2O2. The number of hydrogen-bond donors (Lipinski definition) is 1. The van der Waals surface area contributed by atoms with Gasteiger partial charge in [0.25, 0.3) is 0 Å². The molecule has 1 aliphatic rings. The van der Waals surface area contributed by atoms with Crippen LogP contribution in [-0.4, -0.2) is 49.2 Å². The van der Waals surface area contributed by atoms with Crippen LogP contribution in [0.5, 0.6) is 0 Å². The first-order chi connectivity index (χ1) is 8.35. The second kappa shape index (κ2) is 6.53. The molecule has 4 nitrogen and oxygen atoms in total. The third-order valence-corrected chi connectivity index (χ3v) is 3.42. The van der Waals surface area contributed by atoms with Crippen LogP contribution in [0.25, 0.3) is 0 Å². The minimum atomic E-state index is -0.0224. The Kier molecular flexibility index (Phi) is 5.60. The van der Waals surface area contributed by atoms with Crippen LogP contribution in [0.1, 0.15) is 40.5 Å². The van der Waals surface area contributed by atoms with Crippen molar-refractivity contribution in [2.75, 3.05) is 26.8 Å². The molecule has 1 rings (SSSR count). The first-order valence-corrected chi connectivity index (χ1v) is 6.88. The minimum absolute atomic E-state index is 0.0224. The van der Waals surface area contributed by atoms with Gasteiger partial charge in [-0.15, -0.1) is 0 Å². The monoisotopic (exact) mass is 256 g/mol. The van der Waals surface area contributed by atoms with E-state index < -0.39 is 0 Å².